The molecule has 0 aromatic heterocycles. The van der Waals surface area contributed by atoms with Crippen LogP contribution in [0.15, 0.2) is 0 Å². The minimum Gasteiger partial charge on any atom is -0.389 e. The first-order valence-electron chi connectivity index (χ1n) is 8.70. The van der Waals surface area contributed by atoms with Gasteiger partial charge < -0.3 is 14.7 Å². The third kappa shape index (κ3) is 4.43. The molecule has 2 fully saturated rings. The summed E-state index contributed by atoms with van der Waals surface area (Å²) in [6.07, 6.45) is 5.12. The molecule has 0 radical (unpaired) electrons. The Morgan fingerprint density at radius 2 is 1.77 bits per heavy atom. The molecule has 5 heteroatoms. The molecule has 2 rings (SSSR count). The molecule has 0 aromatic carbocycles. The second-order valence-electron chi connectivity index (χ2n) is 7.19. The van der Waals surface area contributed by atoms with Crippen LogP contribution in [0.4, 0.5) is 0 Å². The lowest BCUT2D eigenvalue weighted by Gasteiger charge is -2.45. The third-order valence-corrected chi connectivity index (χ3v) is 5.27. The van der Waals surface area contributed by atoms with Crippen molar-refractivity contribution >= 4 is 5.91 Å². The van der Waals surface area contributed by atoms with Gasteiger partial charge in [0.25, 0.3) is 0 Å². The Bertz CT molecular complexity index is 357. The van der Waals surface area contributed by atoms with E-state index in [2.05, 4.69) is 18.7 Å². The van der Waals surface area contributed by atoms with E-state index in [0.717, 1.165) is 51.9 Å². The molecule has 0 bridgehead atoms. The van der Waals surface area contributed by atoms with Gasteiger partial charge in [0.2, 0.25) is 5.91 Å². The fraction of sp³-hybridized carbons (Fsp3) is 0.941. The number of piperazine rings is 1. The van der Waals surface area contributed by atoms with Crippen molar-refractivity contribution in [1.82, 2.24) is 9.80 Å². The maximum Gasteiger partial charge on any atom is 0.225 e. The predicted molar refractivity (Wildman–Crippen MR) is 86.7 cm³/mol. The third-order valence-electron chi connectivity index (χ3n) is 5.27. The van der Waals surface area contributed by atoms with E-state index >= 15 is 0 Å². The second-order valence-corrected chi connectivity index (χ2v) is 7.19. The number of hydrogen-bond donors (Lipinski definition) is 1. The summed E-state index contributed by atoms with van der Waals surface area (Å²) in [7, 11) is 1.72. The first-order chi connectivity index (χ1) is 10.4. The zero-order valence-corrected chi connectivity index (χ0v) is 14.4. The average Bonchev–Trinajstić information content (AvgIpc) is 2.46. The van der Waals surface area contributed by atoms with Gasteiger partial charge in [-0.15, -0.1) is 0 Å². The van der Waals surface area contributed by atoms with Gasteiger partial charge >= 0.3 is 0 Å². The lowest BCUT2D eigenvalue weighted by molar-refractivity contribution is -0.142. The van der Waals surface area contributed by atoms with E-state index in [1.807, 2.05) is 4.90 Å². The van der Waals surface area contributed by atoms with Crippen molar-refractivity contribution in [3.63, 3.8) is 0 Å². The summed E-state index contributed by atoms with van der Waals surface area (Å²) >= 11 is 0. The second kappa shape index (κ2) is 7.75. The van der Waals surface area contributed by atoms with E-state index in [1.54, 1.807) is 7.11 Å². The van der Waals surface area contributed by atoms with Gasteiger partial charge in [-0.05, 0) is 26.7 Å². The summed E-state index contributed by atoms with van der Waals surface area (Å²) in [5.41, 5.74) is -0.755. The molecule has 0 unspecified atom stereocenters. The number of ether oxygens (including phenoxy) is 1. The van der Waals surface area contributed by atoms with E-state index in [1.165, 1.54) is 6.42 Å². The molecular formula is C17H32N2O3. The number of rotatable bonds is 5. The number of carbonyl (C=O) groups excluding carboxylic acids is 1. The van der Waals surface area contributed by atoms with Crippen molar-refractivity contribution in [1.29, 1.82) is 0 Å². The van der Waals surface area contributed by atoms with Gasteiger partial charge in [-0.25, -0.2) is 0 Å². The van der Waals surface area contributed by atoms with Gasteiger partial charge in [0.05, 0.1) is 18.6 Å². The van der Waals surface area contributed by atoms with E-state index < -0.39 is 5.60 Å². The number of carbonyl (C=O) groups is 1. The fourth-order valence-corrected chi connectivity index (χ4v) is 3.98. The van der Waals surface area contributed by atoms with Gasteiger partial charge in [0, 0.05) is 38.8 Å². The van der Waals surface area contributed by atoms with Crippen LogP contribution in [0.2, 0.25) is 0 Å². The molecule has 1 saturated carbocycles. The zero-order chi connectivity index (χ0) is 16.2. The molecule has 1 saturated heterocycles. The van der Waals surface area contributed by atoms with Gasteiger partial charge in [-0.2, -0.15) is 0 Å². The highest BCUT2D eigenvalue weighted by Gasteiger charge is 2.36. The predicted octanol–water partition coefficient (Wildman–Crippen LogP) is 1.64. The molecule has 1 amide bonds. The highest BCUT2D eigenvalue weighted by Crippen LogP contribution is 2.31. The lowest BCUT2D eigenvalue weighted by atomic mass is 9.82. The molecule has 0 aromatic rings. The summed E-state index contributed by atoms with van der Waals surface area (Å²) in [6.45, 7) is 7.47. The van der Waals surface area contributed by atoms with Crippen molar-refractivity contribution in [2.75, 3.05) is 33.4 Å². The number of nitrogens with zero attached hydrogens (tertiary/aromatic N) is 2. The molecule has 1 N–H and O–H groups in total. The van der Waals surface area contributed by atoms with Crippen molar-refractivity contribution in [3.8, 4) is 0 Å². The largest absolute Gasteiger partial charge is 0.389 e. The molecule has 2 atom stereocenters. The maximum atomic E-state index is 12.6. The molecule has 2 aliphatic rings. The van der Waals surface area contributed by atoms with Crippen LogP contribution in [0.3, 0.4) is 0 Å². The maximum absolute atomic E-state index is 12.6. The number of hydrogen-bond acceptors (Lipinski definition) is 4. The molecule has 0 spiro atoms. The van der Waals surface area contributed by atoms with Gasteiger partial charge in [0.1, 0.15) is 0 Å². The summed E-state index contributed by atoms with van der Waals surface area (Å²) in [6, 6.07) is 0.674. The van der Waals surface area contributed by atoms with Crippen molar-refractivity contribution in [2.24, 2.45) is 0 Å². The monoisotopic (exact) mass is 312 g/mol. The first kappa shape index (κ1) is 17.7. The summed E-state index contributed by atoms with van der Waals surface area (Å²) in [5, 5.41) is 10.6. The zero-order valence-electron chi connectivity index (χ0n) is 14.4. The molecule has 1 aliphatic carbocycles. The van der Waals surface area contributed by atoms with Gasteiger partial charge in [0.15, 0.2) is 0 Å². The molecule has 5 nitrogen and oxygen atoms in total. The van der Waals surface area contributed by atoms with Crippen LogP contribution in [0.25, 0.3) is 0 Å². The SMILES string of the molecule is COCCN1[C@@H](C)CN(C(=O)CC2(O)CCCCC2)C[C@@H]1C. The van der Waals surface area contributed by atoms with Crippen molar-refractivity contribution in [3.05, 3.63) is 0 Å². The highest BCUT2D eigenvalue weighted by atomic mass is 16.5. The molecule has 1 aliphatic heterocycles. The van der Waals surface area contributed by atoms with Crippen molar-refractivity contribution in [2.45, 2.75) is 70.1 Å². The van der Waals surface area contributed by atoms with Crippen LogP contribution in [-0.2, 0) is 9.53 Å². The van der Waals surface area contributed by atoms with Gasteiger partial charge in [-0.1, -0.05) is 19.3 Å². The Morgan fingerprint density at radius 3 is 2.32 bits per heavy atom. The number of aliphatic hydroxyl groups is 1. The molecule has 128 valence electrons. The van der Waals surface area contributed by atoms with Gasteiger partial charge in [-0.3, -0.25) is 9.69 Å². The van der Waals surface area contributed by atoms with Crippen LogP contribution in [0.1, 0.15) is 52.4 Å². The summed E-state index contributed by atoms with van der Waals surface area (Å²) in [4.78, 5) is 17.0. The quantitative estimate of drug-likeness (QED) is 0.838. The van der Waals surface area contributed by atoms with Crippen LogP contribution in [-0.4, -0.2) is 71.8 Å². The molecule has 1 heterocycles. The van der Waals surface area contributed by atoms with Crippen molar-refractivity contribution < 1.29 is 14.6 Å². The van der Waals surface area contributed by atoms with E-state index in [0.29, 0.717) is 18.5 Å². The number of methoxy groups -OCH3 is 1. The van der Waals surface area contributed by atoms with Crippen LogP contribution in [0.5, 0.6) is 0 Å². The van der Waals surface area contributed by atoms with Crippen LogP contribution < -0.4 is 0 Å². The minimum absolute atomic E-state index is 0.120. The van der Waals surface area contributed by atoms with E-state index in [4.69, 9.17) is 4.74 Å². The van der Waals surface area contributed by atoms with Crippen LogP contribution in [0, 0.1) is 0 Å². The summed E-state index contributed by atoms with van der Waals surface area (Å²) < 4.78 is 5.17. The van der Waals surface area contributed by atoms with E-state index in [-0.39, 0.29) is 5.91 Å². The minimum atomic E-state index is -0.755. The Labute approximate surface area is 134 Å². The summed E-state index contributed by atoms with van der Waals surface area (Å²) in [5.74, 6) is 0.120. The van der Waals surface area contributed by atoms with E-state index in [9.17, 15) is 9.90 Å². The topological polar surface area (TPSA) is 53.0 Å². The first-order valence-corrected chi connectivity index (χ1v) is 8.70. The number of amides is 1. The van der Waals surface area contributed by atoms with Crippen LogP contribution >= 0.6 is 0 Å². The smallest absolute Gasteiger partial charge is 0.225 e. The fourth-order valence-electron chi connectivity index (χ4n) is 3.98. The standard InChI is InChI=1S/C17H32N2O3/c1-14-12-18(13-15(2)19(14)9-10-22-3)16(20)11-17(21)7-5-4-6-8-17/h14-15,21H,4-13H2,1-3H3/t14-,15-/m0/s1. The normalized spacial score (nSPS) is 29.5. The Kier molecular flexibility index (Phi) is 6.24. The lowest BCUT2D eigenvalue weighted by Crippen LogP contribution is -2.59. The average molecular weight is 312 g/mol. The Hall–Kier alpha value is -0.650. The highest BCUT2D eigenvalue weighted by molar-refractivity contribution is 5.77. The molecule has 22 heavy (non-hydrogen) atoms. The Balaban J connectivity index is 1.89. The molecular weight excluding hydrogens is 280 g/mol. The Morgan fingerprint density at radius 1 is 1.18 bits per heavy atom.